The zero-order valence-electron chi connectivity index (χ0n) is 13.7. The van der Waals surface area contributed by atoms with Crippen molar-refractivity contribution < 1.29 is 14.3 Å². The first-order valence-corrected chi connectivity index (χ1v) is 8.90. The van der Waals surface area contributed by atoms with Crippen LogP contribution in [0, 0.1) is 0 Å². The van der Waals surface area contributed by atoms with Gasteiger partial charge in [-0.15, -0.1) is 11.8 Å². The monoisotopic (exact) mass is 348 g/mol. The number of rotatable bonds is 6. The van der Waals surface area contributed by atoms with Crippen molar-refractivity contribution in [1.29, 1.82) is 0 Å². The summed E-state index contributed by atoms with van der Waals surface area (Å²) in [5.41, 5.74) is 1.70. The minimum absolute atomic E-state index is 0.148. The highest BCUT2D eigenvalue weighted by atomic mass is 32.2. The van der Waals surface area contributed by atoms with Crippen molar-refractivity contribution >= 4 is 40.7 Å². The number of thioether (sulfide) groups is 1. The lowest BCUT2D eigenvalue weighted by Gasteiger charge is -2.09. The van der Waals surface area contributed by atoms with Crippen molar-refractivity contribution in [1.82, 2.24) is 15.3 Å². The van der Waals surface area contributed by atoms with Crippen LogP contribution in [0.3, 0.4) is 0 Å². The summed E-state index contributed by atoms with van der Waals surface area (Å²) in [6, 6.07) is 6.03. The highest BCUT2D eigenvalue weighted by molar-refractivity contribution is 7.99. The molecule has 0 radical (unpaired) electrons. The number of H-pyrrole nitrogens is 1. The van der Waals surface area contributed by atoms with Gasteiger partial charge in [0.2, 0.25) is 11.9 Å². The summed E-state index contributed by atoms with van der Waals surface area (Å²) < 4.78 is 5.26. The number of hydrogen-bond acceptors (Lipinski definition) is 5. The molecule has 1 aliphatic heterocycles. The SMILES string of the molecule is CCCSc1ccc2nc(N3C[C@H](CNC(C)=O)OC3=O)[nH]c2c1. The number of fused-ring (bicyclic) bond motifs is 1. The third-order valence-electron chi connectivity index (χ3n) is 3.62. The normalized spacial score (nSPS) is 17.3. The highest BCUT2D eigenvalue weighted by Crippen LogP contribution is 2.26. The topological polar surface area (TPSA) is 87.3 Å². The fourth-order valence-electron chi connectivity index (χ4n) is 2.47. The van der Waals surface area contributed by atoms with E-state index in [2.05, 4.69) is 22.2 Å². The minimum Gasteiger partial charge on any atom is -0.442 e. The van der Waals surface area contributed by atoms with Gasteiger partial charge < -0.3 is 15.0 Å². The predicted molar refractivity (Wildman–Crippen MR) is 93.4 cm³/mol. The van der Waals surface area contributed by atoms with Crippen molar-refractivity contribution in [3.8, 4) is 0 Å². The fourth-order valence-corrected chi connectivity index (χ4v) is 3.28. The van der Waals surface area contributed by atoms with Crippen LogP contribution in [0.15, 0.2) is 23.1 Å². The van der Waals surface area contributed by atoms with Crippen molar-refractivity contribution in [2.45, 2.75) is 31.3 Å². The van der Waals surface area contributed by atoms with Crippen molar-refractivity contribution in [3.63, 3.8) is 0 Å². The number of benzene rings is 1. The van der Waals surface area contributed by atoms with E-state index in [1.54, 1.807) is 11.8 Å². The van der Waals surface area contributed by atoms with Gasteiger partial charge in [-0.1, -0.05) is 6.92 Å². The van der Waals surface area contributed by atoms with Crippen molar-refractivity contribution in [2.75, 3.05) is 23.7 Å². The highest BCUT2D eigenvalue weighted by Gasteiger charge is 2.34. The number of ether oxygens (including phenoxy) is 1. The Kier molecular flexibility index (Phi) is 4.94. The summed E-state index contributed by atoms with van der Waals surface area (Å²) in [6.07, 6.45) is 0.293. The number of cyclic esters (lactones) is 1. The molecule has 1 aromatic carbocycles. The Hall–Kier alpha value is -2.22. The number of aromatic nitrogens is 2. The first-order valence-electron chi connectivity index (χ1n) is 7.92. The Morgan fingerprint density at radius 1 is 1.54 bits per heavy atom. The molecule has 8 heteroatoms. The van der Waals surface area contributed by atoms with E-state index in [1.165, 1.54) is 16.7 Å². The van der Waals surface area contributed by atoms with Crippen LogP contribution in [0.4, 0.5) is 10.7 Å². The fraction of sp³-hybridized carbons (Fsp3) is 0.438. The molecule has 2 aromatic rings. The smallest absolute Gasteiger partial charge is 0.417 e. The molecule has 0 bridgehead atoms. The molecule has 2 heterocycles. The van der Waals surface area contributed by atoms with Gasteiger partial charge in [0.1, 0.15) is 6.10 Å². The molecule has 2 amide bonds. The molecule has 1 atom stereocenters. The summed E-state index contributed by atoms with van der Waals surface area (Å²) >= 11 is 1.79. The van der Waals surface area contributed by atoms with E-state index in [9.17, 15) is 9.59 Å². The van der Waals surface area contributed by atoms with E-state index < -0.39 is 6.09 Å². The van der Waals surface area contributed by atoms with Crippen LogP contribution in [0.2, 0.25) is 0 Å². The molecule has 1 aliphatic rings. The molecule has 1 fully saturated rings. The largest absolute Gasteiger partial charge is 0.442 e. The molecular weight excluding hydrogens is 328 g/mol. The first kappa shape index (κ1) is 16.6. The van der Waals surface area contributed by atoms with E-state index in [4.69, 9.17) is 4.74 Å². The van der Waals surface area contributed by atoms with E-state index in [0.29, 0.717) is 19.0 Å². The second-order valence-corrected chi connectivity index (χ2v) is 6.81. The Morgan fingerprint density at radius 3 is 3.12 bits per heavy atom. The van der Waals surface area contributed by atoms with Gasteiger partial charge in [0.05, 0.1) is 24.1 Å². The number of hydrogen-bond donors (Lipinski definition) is 2. The molecule has 24 heavy (non-hydrogen) atoms. The molecular formula is C16H20N4O3S. The molecule has 0 spiro atoms. The average molecular weight is 348 g/mol. The zero-order valence-corrected chi connectivity index (χ0v) is 14.5. The van der Waals surface area contributed by atoms with Crippen LogP contribution < -0.4 is 10.2 Å². The van der Waals surface area contributed by atoms with E-state index in [1.807, 2.05) is 18.2 Å². The summed E-state index contributed by atoms with van der Waals surface area (Å²) in [5.74, 6) is 1.39. The molecule has 1 saturated heterocycles. The molecule has 0 saturated carbocycles. The molecule has 2 N–H and O–H groups in total. The lowest BCUT2D eigenvalue weighted by atomic mass is 10.3. The van der Waals surface area contributed by atoms with Crippen LogP contribution in [-0.4, -0.2) is 46.9 Å². The Morgan fingerprint density at radius 2 is 2.38 bits per heavy atom. The molecule has 3 rings (SSSR count). The van der Waals surface area contributed by atoms with E-state index in [0.717, 1.165) is 23.2 Å². The number of anilines is 1. The standard InChI is InChI=1S/C16H20N4O3S/c1-3-6-24-12-4-5-13-14(7-12)19-15(18-13)20-9-11(23-16(20)22)8-17-10(2)21/h4-5,7,11H,3,6,8-9H2,1-2H3,(H,17,21)(H,18,19)/t11-/m0/s1. The summed E-state index contributed by atoms with van der Waals surface area (Å²) in [7, 11) is 0. The first-order chi connectivity index (χ1) is 11.6. The molecule has 7 nitrogen and oxygen atoms in total. The summed E-state index contributed by atoms with van der Waals surface area (Å²) in [4.78, 5) is 33.3. The van der Waals surface area contributed by atoms with E-state index >= 15 is 0 Å². The number of nitrogens with one attached hydrogen (secondary N) is 2. The summed E-state index contributed by atoms with van der Waals surface area (Å²) in [6.45, 7) is 4.24. The second-order valence-electron chi connectivity index (χ2n) is 5.64. The maximum atomic E-state index is 12.0. The lowest BCUT2D eigenvalue weighted by molar-refractivity contribution is -0.119. The van der Waals surface area contributed by atoms with Crippen LogP contribution in [-0.2, 0) is 9.53 Å². The number of nitrogens with zero attached hydrogens (tertiary/aromatic N) is 2. The summed E-state index contributed by atoms with van der Waals surface area (Å²) in [5, 5.41) is 2.66. The van der Waals surface area contributed by atoms with Crippen LogP contribution in [0.1, 0.15) is 20.3 Å². The molecule has 0 aliphatic carbocycles. The Balaban J connectivity index is 1.74. The number of carbonyl (C=O) groups is 2. The third kappa shape index (κ3) is 3.64. The number of imidazole rings is 1. The minimum atomic E-state index is -0.454. The van der Waals surface area contributed by atoms with Gasteiger partial charge in [0.15, 0.2) is 0 Å². The second kappa shape index (κ2) is 7.12. The third-order valence-corrected chi connectivity index (χ3v) is 4.82. The van der Waals surface area contributed by atoms with Gasteiger partial charge in [-0.3, -0.25) is 4.79 Å². The van der Waals surface area contributed by atoms with Crippen LogP contribution in [0.25, 0.3) is 11.0 Å². The van der Waals surface area contributed by atoms with Gasteiger partial charge in [0.25, 0.3) is 0 Å². The van der Waals surface area contributed by atoms with Crippen molar-refractivity contribution in [2.24, 2.45) is 0 Å². The quantitative estimate of drug-likeness (QED) is 0.783. The van der Waals surface area contributed by atoms with Gasteiger partial charge in [0, 0.05) is 11.8 Å². The number of carbonyl (C=O) groups excluding carboxylic acids is 2. The van der Waals surface area contributed by atoms with Gasteiger partial charge in [-0.25, -0.2) is 14.7 Å². The van der Waals surface area contributed by atoms with Crippen LogP contribution >= 0.6 is 11.8 Å². The van der Waals surface area contributed by atoms with Crippen LogP contribution in [0.5, 0.6) is 0 Å². The average Bonchev–Trinajstić information content (AvgIpc) is 3.13. The van der Waals surface area contributed by atoms with E-state index in [-0.39, 0.29) is 12.0 Å². The van der Waals surface area contributed by atoms with Gasteiger partial charge >= 0.3 is 6.09 Å². The Bertz CT molecular complexity index is 761. The lowest BCUT2D eigenvalue weighted by Crippen LogP contribution is -2.33. The zero-order chi connectivity index (χ0) is 17.1. The molecule has 1 aromatic heterocycles. The van der Waals surface area contributed by atoms with Gasteiger partial charge in [-0.2, -0.15) is 0 Å². The number of aromatic amines is 1. The van der Waals surface area contributed by atoms with Gasteiger partial charge in [-0.05, 0) is 30.4 Å². The maximum absolute atomic E-state index is 12.0. The van der Waals surface area contributed by atoms with Crippen molar-refractivity contribution in [3.05, 3.63) is 18.2 Å². The Labute approximate surface area is 144 Å². The maximum Gasteiger partial charge on any atom is 0.417 e. The number of amides is 2. The molecule has 128 valence electrons. The molecule has 0 unspecified atom stereocenters. The predicted octanol–water partition coefficient (Wildman–Crippen LogP) is 2.53.